The third-order valence-corrected chi connectivity index (χ3v) is 3.17. The van der Waals surface area contributed by atoms with Gasteiger partial charge >= 0.3 is 12.1 Å². The van der Waals surface area contributed by atoms with Gasteiger partial charge in [0.05, 0.1) is 11.9 Å². The monoisotopic (exact) mass is 341 g/mol. The van der Waals surface area contributed by atoms with Crippen LogP contribution in [0.1, 0.15) is 29.9 Å². The van der Waals surface area contributed by atoms with Gasteiger partial charge in [-0.15, -0.1) is 0 Å². The third-order valence-electron chi connectivity index (χ3n) is 3.17. The molecule has 0 aliphatic carbocycles. The van der Waals surface area contributed by atoms with Crippen LogP contribution in [0.15, 0.2) is 30.5 Å². The van der Waals surface area contributed by atoms with E-state index < -0.39 is 23.4 Å². The van der Waals surface area contributed by atoms with Gasteiger partial charge in [-0.1, -0.05) is 13.8 Å². The number of carbonyl (C=O) groups is 2. The van der Waals surface area contributed by atoms with E-state index in [1.54, 1.807) is 13.8 Å². The van der Waals surface area contributed by atoms with Gasteiger partial charge in [-0.2, -0.15) is 18.3 Å². The molecular weight excluding hydrogens is 327 g/mol. The molecule has 0 saturated carbocycles. The first kappa shape index (κ1) is 17.5. The van der Waals surface area contributed by atoms with E-state index in [-0.39, 0.29) is 17.5 Å². The highest BCUT2D eigenvalue weighted by atomic mass is 19.4. The molecule has 0 atom stereocenters. The first-order valence-electron chi connectivity index (χ1n) is 6.91. The Morgan fingerprint density at radius 3 is 2.25 bits per heavy atom. The minimum absolute atomic E-state index is 0.0253. The van der Waals surface area contributed by atoms with Crippen molar-refractivity contribution in [2.75, 3.05) is 5.32 Å². The zero-order valence-corrected chi connectivity index (χ0v) is 12.8. The molecule has 0 aliphatic rings. The summed E-state index contributed by atoms with van der Waals surface area (Å²) >= 11 is 0. The van der Waals surface area contributed by atoms with Gasteiger partial charge in [0.2, 0.25) is 5.91 Å². The van der Waals surface area contributed by atoms with E-state index in [9.17, 15) is 22.8 Å². The maximum absolute atomic E-state index is 13.1. The number of halogens is 3. The molecule has 1 aromatic carbocycles. The summed E-state index contributed by atoms with van der Waals surface area (Å²) in [5.41, 5.74) is -1.86. The number of carbonyl (C=O) groups excluding carboxylic acids is 1. The number of amides is 1. The van der Waals surface area contributed by atoms with E-state index in [0.717, 1.165) is 0 Å². The lowest BCUT2D eigenvalue weighted by molar-refractivity contribution is -0.143. The van der Waals surface area contributed by atoms with Gasteiger partial charge in [-0.05, 0) is 24.3 Å². The molecule has 0 radical (unpaired) electrons. The molecule has 1 amide bonds. The summed E-state index contributed by atoms with van der Waals surface area (Å²) < 4.78 is 40.0. The lowest BCUT2D eigenvalue weighted by atomic mass is 10.2. The first-order valence-corrected chi connectivity index (χ1v) is 6.91. The molecule has 1 aromatic heterocycles. The number of alkyl halides is 3. The van der Waals surface area contributed by atoms with Crippen LogP contribution < -0.4 is 5.32 Å². The molecule has 2 aromatic rings. The highest BCUT2D eigenvalue weighted by Gasteiger charge is 2.40. The lowest BCUT2D eigenvalue weighted by Gasteiger charge is -2.12. The van der Waals surface area contributed by atoms with E-state index in [1.807, 2.05) is 0 Å². The van der Waals surface area contributed by atoms with Crippen LogP contribution in [0, 0.1) is 5.92 Å². The standard InChI is InChI=1S/C15H14F3N3O3/c1-8(2)13(22)20-9-3-5-10(6-4-9)21-12(15(16,17)18)11(7-19-21)14(23)24/h3-8H,1-2H3,(H,20,22)(H,23,24). The molecule has 0 unspecified atom stereocenters. The number of nitrogens with one attached hydrogen (secondary N) is 1. The number of aromatic carboxylic acids is 1. The molecule has 0 saturated heterocycles. The fourth-order valence-electron chi connectivity index (χ4n) is 1.95. The first-order chi connectivity index (χ1) is 11.1. The Kier molecular flexibility index (Phi) is 4.63. The van der Waals surface area contributed by atoms with Gasteiger partial charge in [0.1, 0.15) is 5.56 Å². The zero-order chi connectivity index (χ0) is 18.1. The van der Waals surface area contributed by atoms with E-state index in [4.69, 9.17) is 5.11 Å². The van der Waals surface area contributed by atoms with Crippen LogP contribution in [0.2, 0.25) is 0 Å². The van der Waals surface area contributed by atoms with Crippen molar-refractivity contribution < 1.29 is 27.9 Å². The summed E-state index contributed by atoms with van der Waals surface area (Å²) in [4.78, 5) is 22.5. The van der Waals surface area contributed by atoms with Crippen LogP contribution in [0.3, 0.4) is 0 Å². The summed E-state index contributed by atoms with van der Waals surface area (Å²) in [5, 5.41) is 15.0. The minimum atomic E-state index is -4.88. The molecule has 9 heteroatoms. The number of nitrogens with zero attached hydrogens (tertiary/aromatic N) is 2. The Hall–Kier alpha value is -2.84. The largest absolute Gasteiger partial charge is 0.478 e. The van der Waals surface area contributed by atoms with Crippen molar-refractivity contribution >= 4 is 17.6 Å². The van der Waals surface area contributed by atoms with Crippen molar-refractivity contribution in [2.24, 2.45) is 5.92 Å². The van der Waals surface area contributed by atoms with Crippen molar-refractivity contribution in [3.63, 3.8) is 0 Å². The average molecular weight is 341 g/mol. The Morgan fingerprint density at radius 2 is 1.79 bits per heavy atom. The SMILES string of the molecule is CC(C)C(=O)Nc1ccc(-n2ncc(C(=O)O)c2C(F)(F)F)cc1. The Labute approximate surface area is 134 Å². The molecule has 24 heavy (non-hydrogen) atoms. The quantitative estimate of drug-likeness (QED) is 0.894. The second kappa shape index (κ2) is 6.34. The maximum Gasteiger partial charge on any atom is 0.434 e. The number of hydrogen-bond acceptors (Lipinski definition) is 3. The number of rotatable bonds is 4. The van der Waals surface area contributed by atoms with Crippen LogP contribution in [0.4, 0.5) is 18.9 Å². The van der Waals surface area contributed by atoms with Crippen molar-refractivity contribution in [1.82, 2.24) is 9.78 Å². The van der Waals surface area contributed by atoms with Gasteiger partial charge in [0.15, 0.2) is 5.69 Å². The van der Waals surface area contributed by atoms with Crippen LogP contribution in [0.25, 0.3) is 5.69 Å². The van der Waals surface area contributed by atoms with Crippen LogP contribution in [0.5, 0.6) is 0 Å². The fourth-order valence-corrected chi connectivity index (χ4v) is 1.95. The molecule has 1 heterocycles. The number of hydrogen-bond donors (Lipinski definition) is 2. The second-order valence-electron chi connectivity index (χ2n) is 5.31. The molecule has 2 N–H and O–H groups in total. The van der Waals surface area contributed by atoms with Crippen molar-refractivity contribution in [3.05, 3.63) is 41.7 Å². The minimum Gasteiger partial charge on any atom is -0.478 e. The van der Waals surface area contributed by atoms with Gasteiger partial charge in [0, 0.05) is 11.6 Å². The van der Waals surface area contributed by atoms with Crippen molar-refractivity contribution in [2.45, 2.75) is 20.0 Å². The average Bonchev–Trinajstić information content (AvgIpc) is 2.93. The van der Waals surface area contributed by atoms with Crippen LogP contribution in [-0.4, -0.2) is 26.8 Å². The Balaban J connectivity index is 2.39. The number of aromatic nitrogens is 2. The van der Waals surface area contributed by atoms with E-state index in [0.29, 0.717) is 16.6 Å². The molecule has 128 valence electrons. The topological polar surface area (TPSA) is 84.2 Å². The highest BCUT2D eigenvalue weighted by molar-refractivity contribution is 5.92. The molecule has 0 bridgehead atoms. The fraction of sp³-hybridized carbons (Fsp3) is 0.267. The number of carboxylic acids is 1. The zero-order valence-electron chi connectivity index (χ0n) is 12.8. The Bertz CT molecular complexity index is 765. The summed E-state index contributed by atoms with van der Waals surface area (Å²) in [6.07, 6.45) is -4.23. The van der Waals surface area contributed by atoms with Gasteiger partial charge in [-0.25, -0.2) is 9.48 Å². The lowest BCUT2D eigenvalue weighted by Crippen LogP contribution is -2.18. The smallest absolute Gasteiger partial charge is 0.434 e. The van der Waals surface area contributed by atoms with Gasteiger partial charge in [0.25, 0.3) is 0 Å². The summed E-state index contributed by atoms with van der Waals surface area (Å²) in [6, 6.07) is 5.45. The molecule has 2 rings (SSSR count). The summed E-state index contributed by atoms with van der Waals surface area (Å²) in [7, 11) is 0. The molecule has 0 spiro atoms. The van der Waals surface area contributed by atoms with Crippen LogP contribution in [-0.2, 0) is 11.0 Å². The molecular formula is C15H14F3N3O3. The maximum atomic E-state index is 13.1. The summed E-state index contributed by atoms with van der Waals surface area (Å²) in [6.45, 7) is 3.41. The number of carboxylic acid groups (broad SMARTS) is 1. The normalized spacial score (nSPS) is 11.6. The van der Waals surface area contributed by atoms with E-state index in [2.05, 4.69) is 10.4 Å². The number of anilines is 1. The van der Waals surface area contributed by atoms with Crippen molar-refractivity contribution in [1.29, 1.82) is 0 Å². The highest BCUT2D eigenvalue weighted by Crippen LogP contribution is 2.33. The van der Waals surface area contributed by atoms with E-state index in [1.165, 1.54) is 24.3 Å². The van der Waals surface area contributed by atoms with Crippen LogP contribution >= 0.6 is 0 Å². The number of benzene rings is 1. The van der Waals surface area contributed by atoms with E-state index >= 15 is 0 Å². The van der Waals surface area contributed by atoms with Gasteiger partial charge < -0.3 is 10.4 Å². The predicted octanol–water partition coefficient (Wildman–Crippen LogP) is 3.18. The molecule has 6 nitrogen and oxygen atoms in total. The Morgan fingerprint density at radius 1 is 1.21 bits per heavy atom. The second-order valence-corrected chi connectivity index (χ2v) is 5.31. The summed E-state index contributed by atoms with van der Waals surface area (Å²) in [5.74, 6) is -2.19. The van der Waals surface area contributed by atoms with Crippen molar-refractivity contribution in [3.8, 4) is 5.69 Å². The van der Waals surface area contributed by atoms with Gasteiger partial charge in [-0.3, -0.25) is 4.79 Å². The molecule has 0 aliphatic heterocycles. The predicted molar refractivity (Wildman–Crippen MR) is 79.0 cm³/mol. The third kappa shape index (κ3) is 3.55. The molecule has 0 fully saturated rings.